The highest BCUT2D eigenvalue weighted by atomic mass is 32.1. The second kappa shape index (κ2) is 5.61. The lowest BCUT2D eigenvalue weighted by Gasteiger charge is -2.23. The van der Waals surface area contributed by atoms with Crippen LogP contribution in [0.5, 0.6) is 11.5 Å². The van der Waals surface area contributed by atoms with Gasteiger partial charge in [0.2, 0.25) is 0 Å². The van der Waals surface area contributed by atoms with Crippen molar-refractivity contribution < 1.29 is 9.47 Å². The van der Waals surface area contributed by atoms with Crippen molar-refractivity contribution in [3.8, 4) is 22.6 Å². The van der Waals surface area contributed by atoms with Crippen molar-refractivity contribution in [2.24, 2.45) is 0 Å². The monoisotopic (exact) mass is 366 g/mol. The van der Waals surface area contributed by atoms with Crippen molar-refractivity contribution >= 4 is 27.2 Å². The maximum Gasteiger partial charge on any atom is 0.161 e. The molecule has 1 aromatic carbocycles. The Hall–Kier alpha value is -2.27. The molecule has 2 heterocycles. The van der Waals surface area contributed by atoms with E-state index >= 15 is 0 Å². The average molecular weight is 366 g/mol. The minimum Gasteiger partial charge on any atom is -0.493 e. The zero-order valence-electron chi connectivity index (χ0n) is 15.3. The fourth-order valence-electron chi connectivity index (χ4n) is 4.53. The first-order valence-electron chi connectivity index (χ1n) is 9.11. The lowest BCUT2D eigenvalue weighted by atomic mass is 9.86. The molecule has 0 aliphatic heterocycles. The average Bonchev–Trinajstić information content (AvgIpc) is 3.16. The number of ether oxygens (including phenoxy) is 2. The molecule has 5 heteroatoms. The van der Waals surface area contributed by atoms with Crippen LogP contribution in [0.2, 0.25) is 0 Å². The van der Waals surface area contributed by atoms with Gasteiger partial charge in [-0.05, 0) is 54.0 Å². The molecule has 2 aliphatic carbocycles. The van der Waals surface area contributed by atoms with Gasteiger partial charge in [0.25, 0.3) is 0 Å². The number of anilines is 1. The van der Waals surface area contributed by atoms with Gasteiger partial charge in [-0.25, -0.2) is 4.98 Å². The summed E-state index contributed by atoms with van der Waals surface area (Å²) < 4.78 is 11.0. The molecule has 0 saturated heterocycles. The minimum atomic E-state index is 0.499. The lowest BCUT2D eigenvalue weighted by molar-refractivity contribution is 0.355. The van der Waals surface area contributed by atoms with Crippen LogP contribution in [0.1, 0.15) is 47.4 Å². The van der Waals surface area contributed by atoms with Crippen molar-refractivity contribution in [1.82, 2.24) is 4.98 Å². The highest BCUT2D eigenvalue weighted by Crippen LogP contribution is 2.52. The van der Waals surface area contributed by atoms with Crippen LogP contribution in [0.3, 0.4) is 0 Å². The van der Waals surface area contributed by atoms with E-state index in [4.69, 9.17) is 20.2 Å². The van der Waals surface area contributed by atoms with Crippen molar-refractivity contribution in [2.75, 3.05) is 20.0 Å². The lowest BCUT2D eigenvalue weighted by Crippen LogP contribution is -2.12. The summed E-state index contributed by atoms with van der Waals surface area (Å²) in [6.07, 6.45) is 4.35. The van der Waals surface area contributed by atoms with Crippen LogP contribution < -0.4 is 15.2 Å². The number of aromatic nitrogens is 1. The molecule has 0 saturated carbocycles. The van der Waals surface area contributed by atoms with E-state index in [1.807, 2.05) is 0 Å². The van der Waals surface area contributed by atoms with Crippen molar-refractivity contribution in [1.29, 1.82) is 0 Å². The molecule has 0 spiro atoms. The molecule has 26 heavy (non-hydrogen) atoms. The van der Waals surface area contributed by atoms with E-state index in [1.165, 1.54) is 45.7 Å². The van der Waals surface area contributed by atoms with Crippen LogP contribution in [0, 0.1) is 0 Å². The number of nitrogens with two attached hydrogens (primary N) is 1. The van der Waals surface area contributed by atoms with Gasteiger partial charge >= 0.3 is 0 Å². The second-order valence-electron chi connectivity index (χ2n) is 7.30. The van der Waals surface area contributed by atoms with Crippen LogP contribution in [0.25, 0.3) is 21.3 Å². The molecule has 5 rings (SSSR count). The third kappa shape index (κ3) is 2.04. The van der Waals surface area contributed by atoms with Crippen molar-refractivity contribution in [3.05, 3.63) is 33.8 Å². The summed E-state index contributed by atoms with van der Waals surface area (Å²) in [5, 5.41) is 1.14. The molecule has 3 aromatic rings. The molecule has 4 nitrogen and oxygen atoms in total. The normalized spacial score (nSPS) is 17.7. The Morgan fingerprint density at radius 2 is 1.96 bits per heavy atom. The number of benzene rings is 1. The topological polar surface area (TPSA) is 57.4 Å². The summed E-state index contributed by atoms with van der Waals surface area (Å²) >= 11 is 1.79. The number of thiophene rings is 1. The molecule has 0 radical (unpaired) electrons. The summed E-state index contributed by atoms with van der Waals surface area (Å²) in [5.74, 6) is 2.04. The SMILES string of the molecule is COc1cc2c(cc1OC)-c1c(sc3nc4c(c(N)c13)CCCC4C)C2. The van der Waals surface area contributed by atoms with E-state index in [-0.39, 0.29) is 0 Å². The number of pyridine rings is 1. The zero-order valence-corrected chi connectivity index (χ0v) is 16.1. The first-order chi connectivity index (χ1) is 12.6. The maximum atomic E-state index is 6.71. The number of methoxy groups -OCH3 is 2. The highest BCUT2D eigenvalue weighted by molar-refractivity contribution is 7.19. The van der Waals surface area contributed by atoms with Gasteiger partial charge in [-0.15, -0.1) is 11.3 Å². The summed E-state index contributed by atoms with van der Waals surface area (Å²) in [6, 6.07) is 4.19. The molecule has 2 aliphatic rings. The number of nitrogen functional groups attached to an aromatic ring is 1. The first-order valence-corrected chi connectivity index (χ1v) is 9.93. The summed E-state index contributed by atoms with van der Waals surface area (Å²) in [4.78, 5) is 7.48. The standard InChI is InChI=1S/C21H22N2O2S/c1-10-5-4-6-12-19(22)18-17-13-9-15(25-3)14(24-2)7-11(13)8-16(17)26-21(18)23-20(10)12/h7,9-10H,4-6,8H2,1-3H3,(H2,22,23). The van der Waals surface area contributed by atoms with E-state index in [0.29, 0.717) is 5.92 Å². The molecular formula is C21H22N2O2S. The molecule has 2 aromatic heterocycles. The number of fused-ring (bicyclic) bond motifs is 6. The molecule has 0 bridgehead atoms. The minimum absolute atomic E-state index is 0.499. The van der Waals surface area contributed by atoms with Gasteiger partial charge in [0, 0.05) is 27.9 Å². The molecule has 0 fully saturated rings. The number of hydrogen-bond donors (Lipinski definition) is 1. The highest BCUT2D eigenvalue weighted by Gasteiger charge is 2.30. The third-order valence-corrected chi connectivity index (χ3v) is 6.93. The van der Waals surface area contributed by atoms with Gasteiger partial charge in [0.1, 0.15) is 4.83 Å². The first kappa shape index (κ1) is 15.9. The smallest absolute Gasteiger partial charge is 0.161 e. The van der Waals surface area contributed by atoms with E-state index in [9.17, 15) is 0 Å². The number of hydrogen-bond acceptors (Lipinski definition) is 5. The van der Waals surface area contributed by atoms with Crippen LogP contribution in [-0.2, 0) is 12.8 Å². The summed E-state index contributed by atoms with van der Waals surface area (Å²) in [7, 11) is 3.36. The van der Waals surface area contributed by atoms with E-state index in [1.54, 1.807) is 25.6 Å². The van der Waals surface area contributed by atoms with Crippen molar-refractivity contribution in [2.45, 2.75) is 38.5 Å². The van der Waals surface area contributed by atoms with E-state index in [2.05, 4.69) is 19.1 Å². The Labute approximate surface area is 157 Å². The molecule has 1 atom stereocenters. The fourth-order valence-corrected chi connectivity index (χ4v) is 5.77. The molecule has 1 unspecified atom stereocenters. The Balaban J connectivity index is 1.79. The maximum absolute atomic E-state index is 6.71. The Bertz CT molecular complexity index is 1050. The Morgan fingerprint density at radius 3 is 2.73 bits per heavy atom. The third-order valence-electron chi connectivity index (χ3n) is 5.85. The Morgan fingerprint density at radius 1 is 1.19 bits per heavy atom. The van der Waals surface area contributed by atoms with Crippen molar-refractivity contribution in [3.63, 3.8) is 0 Å². The Kier molecular flexibility index (Phi) is 3.44. The van der Waals surface area contributed by atoms with Gasteiger partial charge < -0.3 is 15.2 Å². The van der Waals surface area contributed by atoms with Gasteiger partial charge in [0.15, 0.2) is 11.5 Å². The van der Waals surface area contributed by atoms with Gasteiger partial charge in [0.05, 0.1) is 19.9 Å². The van der Waals surface area contributed by atoms with Crippen LogP contribution in [-0.4, -0.2) is 19.2 Å². The van der Waals surface area contributed by atoms with E-state index < -0.39 is 0 Å². The molecule has 134 valence electrons. The van der Waals surface area contributed by atoms with Crippen LogP contribution in [0.4, 0.5) is 5.69 Å². The predicted octanol–water partition coefficient (Wildman–Crippen LogP) is 4.91. The van der Waals surface area contributed by atoms with Crippen LogP contribution >= 0.6 is 11.3 Å². The fraction of sp³-hybridized carbons (Fsp3) is 0.381. The number of nitrogens with zero attached hydrogens (tertiary/aromatic N) is 1. The molecule has 2 N–H and O–H groups in total. The summed E-state index contributed by atoms with van der Waals surface area (Å²) in [6.45, 7) is 2.27. The second-order valence-corrected chi connectivity index (χ2v) is 8.39. The molecular weight excluding hydrogens is 344 g/mol. The van der Waals surface area contributed by atoms with Gasteiger partial charge in [-0.1, -0.05) is 6.92 Å². The predicted molar refractivity (Wildman–Crippen MR) is 107 cm³/mol. The van der Waals surface area contributed by atoms with E-state index in [0.717, 1.165) is 40.2 Å². The zero-order chi connectivity index (χ0) is 18.0. The van der Waals surface area contributed by atoms with Crippen LogP contribution in [0.15, 0.2) is 12.1 Å². The number of rotatable bonds is 2. The molecule has 0 amide bonds. The quantitative estimate of drug-likeness (QED) is 0.548. The van der Waals surface area contributed by atoms with Gasteiger partial charge in [-0.3, -0.25) is 0 Å². The van der Waals surface area contributed by atoms with Gasteiger partial charge in [-0.2, -0.15) is 0 Å². The summed E-state index contributed by atoms with van der Waals surface area (Å²) in [5.41, 5.74) is 13.9. The largest absolute Gasteiger partial charge is 0.493 e.